The molecule has 1 heterocycles. The summed E-state index contributed by atoms with van der Waals surface area (Å²) < 4.78 is 19.4. The molecular formula is C18H17ClFN3O3. The van der Waals surface area contributed by atoms with Crippen LogP contribution in [-0.2, 0) is 4.74 Å². The van der Waals surface area contributed by atoms with Gasteiger partial charge in [0.05, 0.1) is 6.04 Å². The van der Waals surface area contributed by atoms with Gasteiger partial charge in [-0.2, -0.15) is 0 Å². The number of alkyl carbamates (subject to hydrolysis) is 1. The zero-order valence-corrected chi connectivity index (χ0v) is 14.9. The maximum Gasteiger partial charge on any atom is 0.408 e. The van der Waals surface area contributed by atoms with Gasteiger partial charge in [-0.15, -0.1) is 0 Å². The highest BCUT2D eigenvalue weighted by Crippen LogP contribution is 2.36. The van der Waals surface area contributed by atoms with Crippen molar-refractivity contribution in [2.75, 3.05) is 10.6 Å². The first-order valence-electron chi connectivity index (χ1n) is 7.87. The second-order valence-corrected chi connectivity index (χ2v) is 6.83. The Labute approximate surface area is 154 Å². The Bertz CT molecular complexity index is 873. The molecule has 1 unspecified atom stereocenters. The maximum atomic E-state index is 14.3. The number of cyclic esters (lactones) is 1. The highest BCUT2D eigenvalue weighted by atomic mass is 35.5. The molecule has 1 aliphatic rings. The monoisotopic (exact) mass is 377 g/mol. The van der Waals surface area contributed by atoms with Crippen LogP contribution in [0.25, 0.3) is 0 Å². The molecule has 6 nitrogen and oxygen atoms in total. The number of hydrogen-bond acceptors (Lipinski definition) is 3. The summed E-state index contributed by atoms with van der Waals surface area (Å²) in [7, 11) is 0. The molecule has 0 aromatic heterocycles. The molecule has 0 saturated carbocycles. The molecule has 2 aromatic rings. The quantitative estimate of drug-likeness (QED) is 0.726. The zero-order chi connectivity index (χ0) is 18.9. The van der Waals surface area contributed by atoms with Crippen molar-refractivity contribution in [2.24, 2.45) is 0 Å². The summed E-state index contributed by atoms with van der Waals surface area (Å²) in [6, 6.07) is 9.64. The number of benzene rings is 2. The number of ether oxygens (including phenoxy) is 1. The van der Waals surface area contributed by atoms with Crippen LogP contribution in [0.4, 0.5) is 25.4 Å². The summed E-state index contributed by atoms with van der Waals surface area (Å²) in [4.78, 5) is 23.6. The van der Waals surface area contributed by atoms with Gasteiger partial charge in [-0.05, 0) is 50.2 Å². The molecule has 0 spiro atoms. The van der Waals surface area contributed by atoms with Crippen molar-refractivity contribution in [1.82, 2.24) is 5.32 Å². The molecule has 3 rings (SSSR count). The summed E-state index contributed by atoms with van der Waals surface area (Å²) in [5, 5.41) is 8.34. The van der Waals surface area contributed by atoms with Crippen LogP contribution in [0.5, 0.6) is 0 Å². The first kappa shape index (κ1) is 18.0. The third-order valence-electron chi connectivity index (χ3n) is 3.96. The number of amides is 3. The Morgan fingerprint density at radius 1 is 1.19 bits per heavy atom. The minimum atomic E-state index is -0.917. The summed E-state index contributed by atoms with van der Waals surface area (Å²) in [5.41, 5.74) is 0.203. The fraction of sp³-hybridized carbons (Fsp3) is 0.222. The van der Waals surface area contributed by atoms with E-state index in [-0.39, 0.29) is 5.56 Å². The van der Waals surface area contributed by atoms with E-state index >= 15 is 0 Å². The Kier molecular flexibility index (Phi) is 4.73. The predicted octanol–water partition coefficient (Wildman–Crippen LogP) is 4.68. The molecule has 26 heavy (non-hydrogen) atoms. The van der Waals surface area contributed by atoms with Gasteiger partial charge >= 0.3 is 12.1 Å². The molecular weight excluding hydrogens is 361 g/mol. The highest BCUT2D eigenvalue weighted by Gasteiger charge is 2.43. The molecule has 3 amide bonds. The van der Waals surface area contributed by atoms with Crippen molar-refractivity contribution in [3.8, 4) is 0 Å². The number of halogens is 2. The van der Waals surface area contributed by atoms with Crippen LogP contribution in [0, 0.1) is 5.82 Å². The molecule has 1 aliphatic heterocycles. The number of anilines is 2. The van der Waals surface area contributed by atoms with E-state index in [2.05, 4.69) is 16.0 Å². The van der Waals surface area contributed by atoms with Gasteiger partial charge in [0.2, 0.25) is 0 Å². The van der Waals surface area contributed by atoms with E-state index in [9.17, 15) is 14.0 Å². The van der Waals surface area contributed by atoms with Crippen LogP contribution in [0.1, 0.15) is 25.5 Å². The third-order valence-corrected chi connectivity index (χ3v) is 4.20. The third kappa shape index (κ3) is 3.88. The normalized spacial score (nSPS) is 18.0. The van der Waals surface area contributed by atoms with Gasteiger partial charge in [-0.3, -0.25) is 0 Å². The molecule has 3 N–H and O–H groups in total. The molecule has 0 aliphatic carbocycles. The molecule has 0 bridgehead atoms. The average Bonchev–Trinajstić information content (AvgIpc) is 2.81. The molecule has 136 valence electrons. The first-order valence-corrected chi connectivity index (χ1v) is 8.25. The van der Waals surface area contributed by atoms with E-state index in [1.54, 1.807) is 38.1 Å². The number of rotatable bonds is 3. The van der Waals surface area contributed by atoms with Crippen molar-refractivity contribution in [3.05, 3.63) is 58.9 Å². The fourth-order valence-electron chi connectivity index (χ4n) is 2.77. The largest absolute Gasteiger partial charge is 0.441 e. The van der Waals surface area contributed by atoms with Gasteiger partial charge in [0.25, 0.3) is 0 Å². The smallest absolute Gasteiger partial charge is 0.408 e. The van der Waals surface area contributed by atoms with Gasteiger partial charge in [0, 0.05) is 22.0 Å². The van der Waals surface area contributed by atoms with Crippen LogP contribution >= 0.6 is 11.6 Å². The van der Waals surface area contributed by atoms with Gasteiger partial charge in [0.1, 0.15) is 11.4 Å². The summed E-state index contributed by atoms with van der Waals surface area (Å²) >= 11 is 5.88. The SMILES string of the molecule is CC1(C)OC(=O)NC1c1cc(NC(=O)Nc2cccc(Cl)c2)ccc1F. The van der Waals surface area contributed by atoms with Crippen molar-refractivity contribution in [2.45, 2.75) is 25.5 Å². The Balaban J connectivity index is 1.77. The van der Waals surface area contributed by atoms with E-state index in [1.807, 2.05) is 0 Å². The summed E-state index contributed by atoms with van der Waals surface area (Å²) in [6.07, 6.45) is -0.614. The van der Waals surface area contributed by atoms with Gasteiger partial charge in [0.15, 0.2) is 0 Å². The van der Waals surface area contributed by atoms with E-state index in [1.165, 1.54) is 18.2 Å². The number of urea groups is 1. The average molecular weight is 378 g/mol. The van der Waals surface area contributed by atoms with Crippen molar-refractivity contribution >= 4 is 35.1 Å². The molecule has 0 radical (unpaired) electrons. The summed E-state index contributed by atoms with van der Waals surface area (Å²) in [6.45, 7) is 3.36. The lowest BCUT2D eigenvalue weighted by Gasteiger charge is -2.24. The molecule has 2 aromatic carbocycles. The minimum absolute atomic E-state index is 0.224. The molecule has 1 saturated heterocycles. The van der Waals surface area contributed by atoms with Crippen LogP contribution in [-0.4, -0.2) is 17.7 Å². The number of carbonyl (C=O) groups excluding carboxylic acids is 2. The van der Waals surface area contributed by atoms with Crippen molar-refractivity contribution < 1.29 is 18.7 Å². The Hall–Kier alpha value is -2.80. The maximum absolute atomic E-state index is 14.3. The van der Waals surface area contributed by atoms with E-state index in [0.717, 1.165) is 0 Å². The highest BCUT2D eigenvalue weighted by molar-refractivity contribution is 6.30. The molecule has 1 atom stereocenters. The number of hydrogen-bond donors (Lipinski definition) is 3. The van der Waals surface area contributed by atoms with Crippen LogP contribution in [0.15, 0.2) is 42.5 Å². The lowest BCUT2D eigenvalue weighted by molar-refractivity contribution is 0.0677. The minimum Gasteiger partial charge on any atom is -0.441 e. The number of carbonyl (C=O) groups is 2. The summed E-state index contributed by atoms with van der Waals surface area (Å²) in [5.74, 6) is -0.505. The second-order valence-electron chi connectivity index (χ2n) is 6.40. The molecule has 1 fully saturated rings. The lowest BCUT2D eigenvalue weighted by atomic mass is 9.92. The number of nitrogens with one attached hydrogen (secondary N) is 3. The Morgan fingerprint density at radius 2 is 1.88 bits per heavy atom. The second kappa shape index (κ2) is 6.84. The Morgan fingerprint density at radius 3 is 2.50 bits per heavy atom. The predicted molar refractivity (Wildman–Crippen MR) is 96.9 cm³/mol. The lowest BCUT2D eigenvalue weighted by Crippen LogP contribution is -2.31. The van der Waals surface area contributed by atoms with Gasteiger partial charge in [-0.25, -0.2) is 14.0 Å². The topological polar surface area (TPSA) is 79.5 Å². The molecule has 8 heteroatoms. The van der Waals surface area contributed by atoms with Crippen LogP contribution < -0.4 is 16.0 Å². The van der Waals surface area contributed by atoms with Crippen LogP contribution in [0.3, 0.4) is 0 Å². The van der Waals surface area contributed by atoms with E-state index in [4.69, 9.17) is 16.3 Å². The van der Waals surface area contributed by atoms with Gasteiger partial charge < -0.3 is 20.7 Å². The first-order chi connectivity index (χ1) is 12.2. The standard InChI is InChI=1S/C18H17ClFN3O3/c1-18(2)15(23-17(25)26-18)13-9-12(6-7-14(13)20)22-16(24)21-11-5-3-4-10(19)8-11/h3-9,15H,1-2H3,(H,23,25)(H2,21,22,24). The zero-order valence-electron chi connectivity index (χ0n) is 14.1. The van der Waals surface area contributed by atoms with E-state index in [0.29, 0.717) is 16.4 Å². The van der Waals surface area contributed by atoms with Crippen LogP contribution in [0.2, 0.25) is 5.02 Å². The van der Waals surface area contributed by atoms with Crippen molar-refractivity contribution in [1.29, 1.82) is 0 Å². The van der Waals surface area contributed by atoms with E-state index < -0.39 is 29.6 Å². The fourth-order valence-corrected chi connectivity index (χ4v) is 2.96. The van der Waals surface area contributed by atoms with Crippen molar-refractivity contribution in [3.63, 3.8) is 0 Å². The van der Waals surface area contributed by atoms with Gasteiger partial charge in [-0.1, -0.05) is 17.7 Å².